The lowest BCUT2D eigenvalue weighted by molar-refractivity contribution is -0.112. The first-order valence-electron chi connectivity index (χ1n) is 8.50. The monoisotopic (exact) mass is 282 g/mol. The lowest BCUT2D eigenvalue weighted by atomic mass is 9.77. The molecule has 0 amide bonds. The molecule has 0 aliphatic heterocycles. The summed E-state index contributed by atoms with van der Waals surface area (Å²) in [7, 11) is 0. The van der Waals surface area contributed by atoms with Gasteiger partial charge < -0.3 is 9.90 Å². The normalized spacial score (nSPS) is 41.5. The van der Waals surface area contributed by atoms with Gasteiger partial charge in [0.25, 0.3) is 0 Å². The van der Waals surface area contributed by atoms with Crippen LogP contribution in [0.3, 0.4) is 0 Å². The van der Waals surface area contributed by atoms with Crippen LogP contribution in [0.5, 0.6) is 0 Å². The van der Waals surface area contributed by atoms with Gasteiger partial charge in [-0.25, -0.2) is 0 Å². The zero-order chi connectivity index (χ0) is 15.1. The molecule has 0 aromatic heterocycles. The Labute approximate surface area is 125 Å². The maximum absolute atomic E-state index is 10.5. The minimum atomic E-state index is 0.360. The van der Waals surface area contributed by atoms with Crippen LogP contribution in [0.25, 0.3) is 0 Å². The van der Waals surface area contributed by atoms with E-state index in [9.17, 15) is 4.79 Å². The molecule has 20 heavy (non-hydrogen) atoms. The van der Waals surface area contributed by atoms with Crippen LogP contribution in [0.1, 0.15) is 66.2 Å². The Morgan fingerprint density at radius 2 is 1.20 bits per heavy atom. The van der Waals surface area contributed by atoms with Crippen molar-refractivity contribution in [3.05, 3.63) is 0 Å². The van der Waals surface area contributed by atoms with Gasteiger partial charge in [-0.05, 0) is 68.1 Å². The summed E-state index contributed by atoms with van der Waals surface area (Å²) in [5.41, 5.74) is 0. The predicted octanol–water partition coefficient (Wildman–Crippen LogP) is 4.31. The van der Waals surface area contributed by atoms with E-state index in [0.29, 0.717) is 18.4 Å². The number of carbonyl (C=O) groups excluding carboxylic acids is 1. The quantitative estimate of drug-likeness (QED) is 0.766. The van der Waals surface area contributed by atoms with E-state index in [1.807, 2.05) is 0 Å². The maximum atomic E-state index is 10.5. The Bertz CT molecular complexity index is 257. The number of aliphatic hydroxyl groups is 1. The summed E-state index contributed by atoms with van der Waals surface area (Å²) in [5.74, 6) is 4.15. The van der Waals surface area contributed by atoms with Crippen LogP contribution in [-0.4, -0.2) is 18.0 Å². The first kappa shape index (κ1) is 17.7. The Hall–Kier alpha value is -0.370. The van der Waals surface area contributed by atoms with Crippen molar-refractivity contribution in [2.24, 2.45) is 35.5 Å². The third-order valence-electron chi connectivity index (χ3n) is 4.94. The van der Waals surface area contributed by atoms with Crippen LogP contribution in [0.15, 0.2) is 0 Å². The van der Waals surface area contributed by atoms with E-state index >= 15 is 0 Å². The van der Waals surface area contributed by atoms with Gasteiger partial charge in [0.05, 0.1) is 0 Å². The second-order valence-electron chi connectivity index (χ2n) is 7.78. The number of rotatable bonds is 2. The second-order valence-corrected chi connectivity index (χ2v) is 7.78. The van der Waals surface area contributed by atoms with E-state index in [2.05, 4.69) is 27.7 Å². The van der Waals surface area contributed by atoms with E-state index in [1.165, 1.54) is 25.7 Å². The molecule has 2 heteroatoms. The van der Waals surface area contributed by atoms with Gasteiger partial charge in [0.2, 0.25) is 0 Å². The Morgan fingerprint density at radius 3 is 1.55 bits per heavy atom. The maximum Gasteiger partial charge on any atom is 0.123 e. The zero-order valence-electron chi connectivity index (χ0n) is 13.8. The lowest BCUT2D eigenvalue weighted by Gasteiger charge is -2.29. The first-order valence-corrected chi connectivity index (χ1v) is 8.50. The van der Waals surface area contributed by atoms with Crippen molar-refractivity contribution in [2.45, 2.75) is 66.2 Å². The zero-order valence-corrected chi connectivity index (χ0v) is 13.8. The fourth-order valence-corrected chi connectivity index (χ4v) is 4.38. The standard InChI is InChI=1S/C9H18O.C9H16O/c2*1-7-3-8(2)5-9(4-7)6-10/h7-10H,3-6H2,1-2H3;6-9H,3-5H2,1-2H3/t2*7-,8+,9?. The third-order valence-corrected chi connectivity index (χ3v) is 4.94. The molecule has 2 unspecified atom stereocenters. The number of aldehydes is 1. The molecule has 2 saturated carbocycles. The summed E-state index contributed by atoms with van der Waals surface area (Å²) in [5, 5.41) is 8.93. The van der Waals surface area contributed by atoms with Crippen LogP contribution in [0.4, 0.5) is 0 Å². The topological polar surface area (TPSA) is 37.3 Å². The Balaban J connectivity index is 0.000000200. The molecule has 0 saturated heterocycles. The van der Waals surface area contributed by atoms with Crippen molar-refractivity contribution in [1.29, 1.82) is 0 Å². The minimum Gasteiger partial charge on any atom is -0.396 e. The molecule has 0 heterocycles. The molecule has 2 nitrogen and oxygen atoms in total. The van der Waals surface area contributed by atoms with Crippen LogP contribution >= 0.6 is 0 Å². The average molecular weight is 282 g/mol. The Morgan fingerprint density at radius 1 is 0.800 bits per heavy atom. The fraction of sp³-hybridized carbons (Fsp3) is 0.944. The van der Waals surface area contributed by atoms with E-state index in [4.69, 9.17) is 5.11 Å². The van der Waals surface area contributed by atoms with E-state index in [-0.39, 0.29) is 0 Å². The summed E-state index contributed by atoms with van der Waals surface area (Å²) in [6.45, 7) is 9.46. The smallest absolute Gasteiger partial charge is 0.123 e. The molecule has 118 valence electrons. The minimum absolute atomic E-state index is 0.360. The predicted molar refractivity (Wildman–Crippen MR) is 84.5 cm³/mol. The SMILES string of the molecule is C[C@@H]1CC(C=O)C[C@H](C)C1.C[C@@H]1CC(CO)C[C@H](C)C1. The molecule has 0 bridgehead atoms. The summed E-state index contributed by atoms with van der Waals surface area (Å²) >= 11 is 0. The van der Waals surface area contributed by atoms with Gasteiger partial charge in [0, 0.05) is 12.5 Å². The van der Waals surface area contributed by atoms with Gasteiger partial charge in [-0.1, -0.05) is 27.7 Å². The number of hydrogen-bond donors (Lipinski definition) is 1. The third kappa shape index (κ3) is 6.39. The van der Waals surface area contributed by atoms with Crippen LogP contribution in [0.2, 0.25) is 0 Å². The average Bonchev–Trinajstić information content (AvgIpc) is 2.37. The van der Waals surface area contributed by atoms with Gasteiger partial charge >= 0.3 is 0 Å². The lowest BCUT2D eigenvalue weighted by Crippen LogP contribution is -2.21. The molecular weight excluding hydrogens is 248 g/mol. The molecule has 2 rings (SSSR count). The highest BCUT2D eigenvalue weighted by Gasteiger charge is 2.23. The molecule has 2 aliphatic carbocycles. The molecule has 0 aromatic rings. The summed E-state index contributed by atoms with van der Waals surface area (Å²) < 4.78 is 0. The summed E-state index contributed by atoms with van der Waals surface area (Å²) in [6, 6.07) is 0. The van der Waals surface area contributed by atoms with Gasteiger partial charge in [-0.3, -0.25) is 0 Å². The number of aliphatic hydroxyl groups excluding tert-OH is 1. The van der Waals surface area contributed by atoms with Gasteiger partial charge in [-0.2, -0.15) is 0 Å². The van der Waals surface area contributed by atoms with Crippen LogP contribution in [0, 0.1) is 35.5 Å². The number of hydrogen-bond acceptors (Lipinski definition) is 2. The first-order chi connectivity index (χ1) is 9.44. The van der Waals surface area contributed by atoms with E-state index in [1.54, 1.807) is 0 Å². The molecule has 0 radical (unpaired) electrons. The van der Waals surface area contributed by atoms with E-state index < -0.39 is 0 Å². The fourth-order valence-electron chi connectivity index (χ4n) is 4.38. The van der Waals surface area contributed by atoms with Crippen molar-refractivity contribution in [2.75, 3.05) is 6.61 Å². The summed E-state index contributed by atoms with van der Waals surface area (Å²) in [4.78, 5) is 10.5. The molecule has 0 aromatic carbocycles. The highest BCUT2D eigenvalue weighted by atomic mass is 16.3. The van der Waals surface area contributed by atoms with Crippen LogP contribution < -0.4 is 0 Å². The molecular formula is C18H34O2. The van der Waals surface area contributed by atoms with Gasteiger partial charge in [0.15, 0.2) is 0 Å². The van der Waals surface area contributed by atoms with Crippen molar-refractivity contribution < 1.29 is 9.90 Å². The largest absolute Gasteiger partial charge is 0.396 e. The molecule has 6 atom stereocenters. The highest BCUT2D eigenvalue weighted by molar-refractivity contribution is 5.53. The molecule has 1 N–H and O–H groups in total. The van der Waals surface area contributed by atoms with Crippen molar-refractivity contribution in [1.82, 2.24) is 0 Å². The molecule has 2 fully saturated rings. The van der Waals surface area contributed by atoms with E-state index in [0.717, 1.165) is 42.8 Å². The Kier molecular flexibility index (Phi) is 7.79. The molecule has 2 aliphatic rings. The van der Waals surface area contributed by atoms with Crippen molar-refractivity contribution in [3.8, 4) is 0 Å². The second kappa shape index (κ2) is 8.81. The number of carbonyl (C=O) groups is 1. The summed E-state index contributed by atoms with van der Waals surface area (Å²) in [6.07, 6.45) is 8.51. The van der Waals surface area contributed by atoms with Crippen molar-refractivity contribution in [3.63, 3.8) is 0 Å². The molecule has 0 spiro atoms. The van der Waals surface area contributed by atoms with Crippen molar-refractivity contribution >= 4 is 6.29 Å². The van der Waals surface area contributed by atoms with Gasteiger partial charge in [0.1, 0.15) is 6.29 Å². The van der Waals surface area contributed by atoms with Crippen LogP contribution in [-0.2, 0) is 4.79 Å². The highest BCUT2D eigenvalue weighted by Crippen LogP contribution is 2.32. The van der Waals surface area contributed by atoms with Gasteiger partial charge in [-0.15, -0.1) is 0 Å².